The van der Waals surface area contributed by atoms with Gasteiger partial charge in [-0.25, -0.2) is 0 Å². The number of ether oxygens (including phenoxy) is 2. The van der Waals surface area contributed by atoms with E-state index in [1.807, 2.05) is 0 Å². The molecule has 1 atom stereocenters. The van der Waals surface area contributed by atoms with Gasteiger partial charge < -0.3 is 9.47 Å². The highest BCUT2D eigenvalue weighted by Crippen LogP contribution is 2.17. The molecule has 0 radical (unpaired) electrons. The summed E-state index contributed by atoms with van der Waals surface area (Å²) in [7, 11) is 0. The van der Waals surface area contributed by atoms with Gasteiger partial charge in [0.15, 0.2) is 0 Å². The predicted octanol–water partition coefficient (Wildman–Crippen LogP) is 2.52. The van der Waals surface area contributed by atoms with E-state index in [1.54, 1.807) is 0 Å². The van der Waals surface area contributed by atoms with Crippen molar-refractivity contribution in [1.29, 1.82) is 0 Å². The molecule has 0 aromatic carbocycles. The van der Waals surface area contributed by atoms with Gasteiger partial charge in [0, 0.05) is 6.61 Å². The minimum absolute atomic E-state index is 0.617. The summed E-state index contributed by atoms with van der Waals surface area (Å²) in [5.41, 5.74) is 0. The first kappa shape index (κ1) is 10.3. The summed E-state index contributed by atoms with van der Waals surface area (Å²) in [6.45, 7) is 5.62. The van der Waals surface area contributed by atoms with E-state index in [9.17, 15) is 0 Å². The highest BCUT2D eigenvalue weighted by Gasteiger charge is 2.08. The number of hydrogen-bond donors (Lipinski definition) is 0. The van der Waals surface area contributed by atoms with Gasteiger partial charge in [-0.3, -0.25) is 0 Å². The Bertz CT molecular complexity index is 163. The van der Waals surface area contributed by atoms with Gasteiger partial charge in [-0.05, 0) is 25.2 Å². The van der Waals surface area contributed by atoms with E-state index < -0.39 is 0 Å². The van der Waals surface area contributed by atoms with Gasteiger partial charge >= 0.3 is 0 Å². The molecule has 74 valence electrons. The van der Waals surface area contributed by atoms with Crippen molar-refractivity contribution in [2.24, 2.45) is 5.92 Å². The standard InChI is InChI=1S/C11H18O2/c1-2-12-8-9-13-10-11-6-4-3-5-7-11/h2-4,11H,1,5-10H2. The molecule has 0 aromatic heterocycles. The third kappa shape index (κ3) is 4.73. The van der Waals surface area contributed by atoms with Crippen LogP contribution in [0.5, 0.6) is 0 Å². The van der Waals surface area contributed by atoms with Gasteiger partial charge in [0.2, 0.25) is 0 Å². The van der Waals surface area contributed by atoms with E-state index in [0.29, 0.717) is 19.1 Å². The van der Waals surface area contributed by atoms with Crippen molar-refractivity contribution in [3.05, 3.63) is 25.0 Å². The van der Waals surface area contributed by atoms with E-state index in [4.69, 9.17) is 9.47 Å². The van der Waals surface area contributed by atoms with Gasteiger partial charge in [0.1, 0.15) is 6.61 Å². The third-order valence-electron chi connectivity index (χ3n) is 2.19. The smallest absolute Gasteiger partial charge is 0.111 e. The van der Waals surface area contributed by atoms with Crippen LogP contribution in [0.15, 0.2) is 25.0 Å². The van der Waals surface area contributed by atoms with Crippen molar-refractivity contribution in [2.45, 2.75) is 19.3 Å². The summed E-state index contributed by atoms with van der Waals surface area (Å²) in [5.74, 6) is 0.716. The summed E-state index contributed by atoms with van der Waals surface area (Å²) in [5, 5.41) is 0. The summed E-state index contributed by atoms with van der Waals surface area (Å²) in [6, 6.07) is 0. The summed E-state index contributed by atoms with van der Waals surface area (Å²) in [6.07, 6.45) is 9.58. The van der Waals surface area contributed by atoms with Crippen LogP contribution in [0, 0.1) is 5.92 Å². The lowest BCUT2D eigenvalue weighted by Crippen LogP contribution is -2.13. The minimum atomic E-state index is 0.617. The van der Waals surface area contributed by atoms with Gasteiger partial charge in [0.05, 0.1) is 12.9 Å². The summed E-state index contributed by atoms with van der Waals surface area (Å²) >= 11 is 0. The Labute approximate surface area is 80.2 Å². The van der Waals surface area contributed by atoms with Gasteiger partial charge in [-0.1, -0.05) is 18.7 Å². The van der Waals surface area contributed by atoms with Gasteiger partial charge in [-0.2, -0.15) is 0 Å². The maximum atomic E-state index is 5.47. The molecule has 1 aliphatic rings. The zero-order chi connectivity index (χ0) is 9.36. The van der Waals surface area contributed by atoms with Crippen LogP contribution < -0.4 is 0 Å². The highest BCUT2D eigenvalue weighted by atomic mass is 16.5. The Kier molecular flexibility index (Phi) is 5.34. The van der Waals surface area contributed by atoms with Crippen molar-refractivity contribution in [3.8, 4) is 0 Å². The fourth-order valence-corrected chi connectivity index (χ4v) is 1.45. The van der Waals surface area contributed by atoms with Crippen LogP contribution in [0.25, 0.3) is 0 Å². The highest BCUT2D eigenvalue weighted by molar-refractivity contribution is 4.89. The van der Waals surface area contributed by atoms with Gasteiger partial charge in [0.25, 0.3) is 0 Å². The second-order valence-corrected chi connectivity index (χ2v) is 3.26. The Morgan fingerprint density at radius 1 is 1.38 bits per heavy atom. The van der Waals surface area contributed by atoms with E-state index >= 15 is 0 Å². The lowest BCUT2D eigenvalue weighted by molar-refractivity contribution is 0.0604. The molecule has 2 heteroatoms. The average molecular weight is 182 g/mol. The van der Waals surface area contributed by atoms with Crippen LogP contribution in [-0.2, 0) is 9.47 Å². The molecule has 1 unspecified atom stereocenters. The molecular weight excluding hydrogens is 164 g/mol. The van der Waals surface area contributed by atoms with Crippen molar-refractivity contribution >= 4 is 0 Å². The minimum Gasteiger partial charge on any atom is -0.499 e. The zero-order valence-corrected chi connectivity index (χ0v) is 8.08. The molecule has 1 rings (SSSR count). The first-order chi connectivity index (χ1) is 6.43. The molecule has 13 heavy (non-hydrogen) atoms. The SMILES string of the molecule is C=COCCOCC1CC=CCC1. The second kappa shape index (κ2) is 6.72. The Hall–Kier alpha value is -0.760. The number of allylic oxidation sites excluding steroid dienone is 2. The van der Waals surface area contributed by atoms with E-state index in [1.165, 1.54) is 25.5 Å². The topological polar surface area (TPSA) is 18.5 Å². The molecular formula is C11H18O2. The second-order valence-electron chi connectivity index (χ2n) is 3.26. The van der Waals surface area contributed by atoms with Crippen molar-refractivity contribution in [1.82, 2.24) is 0 Å². The number of hydrogen-bond acceptors (Lipinski definition) is 2. The molecule has 0 amide bonds. The van der Waals surface area contributed by atoms with Crippen LogP contribution >= 0.6 is 0 Å². The summed E-state index contributed by atoms with van der Waals surface area (Å²) in [4.78, 5) is 0. The molecule has 0 aliphatic heterocycles. The van der Waals surface area contributed by atoms with Crippen LogP contribution in [0.4, 0.5) is 0 Å². The maximum absolute atomic E-state index is 5.47. The zero-order valence-electron chi connectivity index (χ0n) is 8.08. The molecule has 1 aliphatic carbocycles. The molecule has 2 nitrogen and oxygen atoms in total. The molecule has 0 bridgehead atoms. The van der Waals surface area contributed by atoms with Crippen molar-refractivity contribution < 1.29 is 9.47 Å². The summed E-state index contributed by atoms with van der Waals surface area (Å²) < 4.78 is 10.4. The van der Waals surface area contributed by atoms with Crippen LogP contribution in [0.2, 0.25) is 0 Å². The third-order valence-corrected chi connectivity index (χ3v) is 2.19. The first-order valence-electron chi connectivity index (χ1n) is 4.88. The predicted molar refractivity (Wildman–Crippen MR) is 53.4 cm³/mol. The maximum Gasteiger partial charge on any atom is 0.111 e. The first-order valence-corrected chi connectivity index (χ1v) is 4.88. The van der Waals surface area contributed by atoms with Crippen LogP contribution in [-0.4, -0.2) is 19.8 Å². The fraction of sp³-hybridized carbons (Fsp3) is 0.636. The van der Waals surface area contributed by atoms with E-state index in [0.717, 1.165) is 6.61 Å². The van der Waals surface area contributed by atoms with Gasteiger partial charge in [-0.15, -0.1) is 0 Å². The van der Waals surface area contributed by atoms with Crippen LogP contribution in [0.3, 0.4) is 0 Å². The molecule has 0 fully saturated rings. The molecule has 0 saturated carbocycles. The molecule has 0 spiro atoms. The lowest BCUT2D eigenvalue weighted by atomic mass is 9.95. The quantitative estimate of drug-likeness (QED) is 0.357. The molecule has 0 aromatic rings. The van der Waals surface area contributed by atoms with Crippen molar-refractivity contribution in [2.75, 3.05) is 19.8 Å². The molecule has 0 saturated heterocycles. The normalized spacial score (nSPS) is 21.4. The fourth-order valence-electron chi connectivity index (χ4n) is 1.45. The molecule has 0 heterocycles. The van der Waals surface area contributed by atoms with Crippen molar-refractivity contribution in [3.63, 3.8) is 0 Å². The Morgan fingerprint density at radius 2 is 2.31 bits per heavy atom. The lowest BCUT2D eigenvalue weighted by Gasteiger charge is -2.17. The monoisotopic (exact) mass is 182 g/mol. The largest absolute Gasteiger partial charge is 0.499 e. The average Bonchev–Trinajstić information content (AvgIpc) is 2.19. The Balaban J connectivity index is 1.93. The van der Waals surface area contributed by atoms with E-state index in [-0.39, 0.29) is 0 Å². The molecule has 0 N–H and O–H groups in total. The van der Waals surface area contributed by atoms with Crippen LogP contribution in [0.1, 0.15) is 19.3 Å². The van der Waals surface area contributed by atoms with E-state index in [2.05, 4.69) is 18.7 Å². The number of rotatable bonds is 6. The Morgan fingerprint density at radius 3 is 3.00 bits per heavy atom.